The Morgan fingerprint density at radius 2 is 1.36 bits per heavy atom. The van der Waals surface area contributed by atoms with Gasteiger partial charge in [0, 0.05) is 0 Å². The van der Waals surface area contributed by atoms with E-state index in [2.05, 4.69) is 26.0 Å². The molecule has 0 radical (unpaired) electrons. The summed E-state index contributed by atoms with van der Waals surface area (Å²) in [6.45, 7) is 4.86. The van der Waals surface area contributed by atoms with Crippen molar-refractivity contribution in [2.75, 3.05) is 0 Å². The van der Waals surface area contributed by atoms with Crippen molar-refractivity contribution < 1.29 is 0 Å². The summed E-state index contributed by atoms with van der Waals surface area (Å²) in [5.74, 6) is 4.02. The largest absolute Gasteiger partial charge is 0.0882 e. The topological polar surface area (TPSA) is 0 Å². The SMILES string of the molecule is CC1CC(C)C2CC=CCC12. The molecular weight excluding hydrogens is 132 g/mol. The van der Waals surface area contributed by atoms with Crippen molar-refractivity contribution in [2.24, 2.45) is 23.7 Å². The Kier molecular flexibility index (Phi) is 1.78. The van der Waals surface area contributed by atoms with Gasteiger partial charge in [-0.2, -0.15) is 0 Å². The summed E-state index contributed by atoms with van der Waals surface area (Å²) in [4.78, 5) is 0. The van der Waals surface area contributed by atoms with Crippen molar-refractivity contribution in [2.45, 2.75) is 33.1 Å². The molecule has 2 aliphatic rings. The molecule has 0 aromatic carbocycles. The molecule has 4 atom stereocenters. The molecule has 0 aromatic heterocycles. The van der Waals surface area contributed by atoms with Crippen LogP contribution in [0.2, 0.25) is 0 Å². The van der Waals surface area contributed by atoms with Crippen molar-refractivity contribution >= 4 is 0 Å². The molecule has 0 heteroatoms. The first-order chi connectivity index (χ1) is 5.29. The average molecular weight is 150 g/mol. The van der Waals surface area contributed by atoms with Gasteiger partial charge in [-0.25, -0.2) is 0 Å². The lowest BCUT2D eigenvalue weighted by Gasteiger charge is -2.25. The van der Waals surface area contributed by atoms with E-state index < -0.39 is 0 Å². The van der Waals surface area contributed by atoms with Crippen LogP contribution in [0.1, 0.15) is 33.1 Å². The Bertz CT molecular complexity index is 151. The number of hydrogen-bond acceptors (Lipinski definition) is 0. The Balaban J connectivity index is 2.14. The minimum absolute atomic E-state index is 0.986. The number of hydrogen-bond donors (Lipinski definition) is 0. The molecule has 0 spiro atoms. The van der Waals surface area contributed by atoms with E-state index in [1.807, 2.05) is 0 Å². The van der Waals surface area contributed by atoms with Crippen LogP contribution in [-0.2, 0) is 0 Å². The molecule has 0 heterocycles. The van der Waals surface area contributed by atoms with Crippen LogP contribution in [0.25, 0.3) is 0 Å². The first-order valence-corrected chi connectivity index (χ1v) is 4.94. The summed E-state index contributed by atoms with van der Waals surface area (Å²) < 4.78 is 0. The van der Waals surface area contributed by atoms with Crippen LogP contribution < -0.4 is 0 Å². The fourth-order valence-corrected chi connectivity index (χ4v) is 3.10. The maximum atomic E-state index is 2.43. The van der Waals surface area contributed by atoms with E-state index in [0.717, 1.165) is 23.7 Å². The van der Waals surface area contributed by atoms with Gasteiger partial charge in [0.15, 0.2) is 0 Å². The molecule has 1 saturated carbocycles. The lowest BCUT2D eigenvalue weighted by Crippen LogP contribution is -2.17. The molecule has 4 unspecified atom stereocenters. The Labute approximate surface area is 69.7 Å². The predicted molar refractivity (Wildman–Crippen MR) is 48.3 cm³/mol. The van der Waals surface area contributed by atoms with E-state index in [1.54, 1.807) is 0 Å². The summed E-state index contributed by atoms with van der Waals surface area (Å²) in [6.07, 6.45) is 8.95. The van der Waals surface area contributed by atoms with Crippen molar-refractivity contribution in [1.29, 1.82) is 0 Å². The summed E-state index contributed by atoms with van der Waals surface area (Å²) in [7, 11) is 0. The van der Waals surface area contributed by atoms with Gasteiger partial charge in [-0.1, -0.05) is 26.0 Å². The fourth-order valence-electron chi connectivity index (χ4n) is 3.10. The minimum Gasteiger partial charge on any atom is -0.0882 e. The summed E-state index contributed by atoms with van der Waals surface area (Å²) in [5.41, 5.74) is 0. The Morgan fingerprint density at radius 1 is 0.909 bits per heavy atom. The van der Waals surface area contributed by atoms with Crippen molar-refractivity contribution in [3.63, 3.8) is 0 Å². The van der Waals surface area contributed by atoms with Gasteiger partial charge in [-0.3, -0.25) is 0 Å². The molecule has 0 aromatic rings. The number of fused-ring (bicyclic) bond motifs is 1. The van der Waals surface area contributed by atoms with Crippen LogP contribution in [0.15, 0.2) is 12.2 Å². The molecule has 0 amide bonds. The van der Waals surface area contributed by atoms with E-state index in [-0.39, 0.29) is 0 Å². The molecule has 2 rings (SSSR count). The van der Waals surface area contributed by atoms with E-state index in [0.29, 0.717) is 0 Å². The lowest BCUT2D eigenvalue weighted by atomic mass is 9.80. The van der Waals surface area contributed by atoms with Gasteiger partial charge in [0.2, 0.25) is 0 Å². The van der Waals surface area contributed by atoms with Crippen LogP contribution in [0.3, 0.4) is 0 Å². The normalized spacial score (nSPS) is 49.3. The second-order valence-corrected chi connectivity index (χ2v) is 4.46. The van der Waals surface area contributed by atoms with Gasteiger partial charge in [0.05, 0.1) is 0 Å². The van der Waals surface area contributed by atoms with Crippen molar-refractivity contribution in [1.82, 2.24) is 0 Å². The van der Waals surface area contributed by atoms with Gasteiger partial charge < -0.3 is 0 Å². The molecule has 0 aliphatic heterocycles. The van der Waals surface area contributed by atoms with E-state index >= 15 is 0 Å². The third-order valence-corrected chi connectivity index (χ3v) is 3.74. The van der Waals surface area contributed by atoms with Gasteiger partial charge in [0.25, 0.3) is 0 Å². The van der Waals surface area contributed by atoms with E-state index in [1.165, 1.54) is 19.3 Å². The molecule has 1 fully saturated rings. The van der Waals surface area contributed by atoms with Crippen LogP contribution in [-0.4, -0.2) is 0 Å². The minimum atomic E-state index is 0.986. The quantitative estimate of drug-likeness (QED) is 0.465. The Hall–Kier alpha value is -0.260. The molecule has 2 aliphatic carbocycles. The van der Waals surface area contributed by atoms with E-state index in [9.17, 15) is 0 Å². The van der Waals surface area contributed by atoms with E-state index in [4.69, 9.17) is 0 Å². The maximum absolute atomic E-state index is 2.43. The van der Waals surface area contributed by atoms with Crippen molar-refractivity contribution in [3.8, 4) is 0 Å². The van der Waals surface area contributed by atoms with Crippen LogP contribution in [0.4, 0.5) is 0 Å². The van der Waals surface area contributed by atoms with Crippen LogP contribution in [0.5, 0.6) is 0 Å². The zero-order chi connectivity index (χ0) is 7.84. The summed E-state index contributed by atoms with van der Waals surface area (Å²) in [6, 6.07) is 0. The fraction of sp³-hybridized carbons (Fsp3) is 0.818. The van der Waals surface area contributed by atoms with Crippen LogP contribution >= 0.6 is 0 Å². The predicted octanol–water partition coefficient (Wildman–Crippen LogP) is 3.24. The standard InChI is InChI=1S/C11H18/c1-8-7-9(2)11-6-4-3-5-10(8)11/h3-4,8-11H,5-7H2,1-2H3. The van der Waals surface area contributed by atoms with Gasteiger partial charge >= 0.3 is 0 Å². The molecule has 0 bridgehead atoms. The highest BCUT2D eigenvalue weighted by Crippen LogP contribution is 2.46. The molecule has 62 valence electrons. The second kappa shape index (κ2) is 2.66. The number of rotatable bonds is 0. The maximum Gasteiger partial charge on any atom is -0.0317 e. The van der Waals surface area contributed by atoms with Crippen molar-refractivity contribution in [3.05, 3.63) is 12.2 Å². The zero-order valence-corrected chi connectivity index (χ0v) is 7.59. The third-order valence-electron chi connectivity index (χ3n) is 3.74. The average Bonchev–Trinajstić information content (AvgIpc) is 2.30. The van der Waals surface area contributed by atoms with Crippen LogP contribution in [0, 0.1) is 23.7 Å². The Morgan fingerprint density at radius 3 is 1.82 bits per heavy atom. The molecule has 11 heavy (non-hydrogen) atoms. The lowest BCUT2D eigenvalue weighted by molar-refractivity contribution is 0.292. The van der Waals surface area contributed by atoms with Gasteiger partial charge in [0.1, 0.15) is 0 Å². The molecule has 0 saturated heterocycles. The molecule has 0 nitrogen and oxygen atoms in total. The first kappa shape index (κ1) is 7.39. The summed E-state index contributed by atoms with van der Waals surface area (Å²) in [5, 5.41) is 0. The highest BCUT2D eigenvalue weighted by molar-refractivity contribution is 5.00. The summed E-state index contributed by atoms with van der Waals surface area (Å²) >= 11 is 0. The monoisotopic (exact) mass is 150 g/mol. The molecular formula is C11H18. The first-order valence-electron chi connectivity index (χ1n) is 4.94. The van der Waals surface area contributed by atoms with Gasteiger partial charge in [-0.15, -0.1) is 0 Å². The zero-order valence-electron chi connectivity index (χ0n) is 7.59. The second-order valence-electron chi connectivity index (χ2n) is 4.46. The highest BCUT2D eigenvalue weighted by Gasteiger charge is 2.37. The third kappa shape index (κ3) is 1.13. The highest BCUT2D eigenvalue weighted by atomic mass is 14.4. The smallest absolute Gasteiger partial charge is 0.0317 e. The number of allylic oxidation sites excluding steroid dienone is 2. The van der Waals surface area contributed by atoms with Gasteiger partial charge in [-0.05, 0) is 42.9 Å². The molecule has 0 N–H and O–H groups in total.